The van der Waals surface area contributed by atoms with Crippen LogP contribution in [0.4, 0.5) is 11.4 Å². The van der Waals surface area contributed by atoms with Crippen LogP contribution in [-0.2, 0) is 9.59 Å². The van der Waals surface area contributed by atoms with Crippen LogP contribution >= 0.6 is 15.9 Å². The first-order valence-corrected chi connectivity index (χ1v) is 7.06. The summed E-state index contributed by atoms with van der Waals surface area (Å²) in [6.45, 7) is 0. The minimum Gasteiger partial charge on any atom is -0.468 e. The summed E-state index contributed by atoms with van der Waals surface area (Å²) in [5.74, 6) is -0.521. The van der Waals surface area contributed by atoms with Gasteiger partial charge in [-0.2, -0.15) is 0 Å². The number of amides is 2. The van der Waals surface area contributed by atoms with Gasteiger partial charge in [-0.3, -0.25) is 9.59 Å². The van der Waals surface area contributed by atoms with E-state index in [-0.39, 0.29) is 0 Å². The topological polar surface area (TPSA) is 67.4 Å². The second-order valence-corrected chi connectivity index (χ2v) is 5.40. The van der Waals surface area contributed by atoms with E-state index in [1.807, 2.05) is 6.07 Å². The van der Waals surface area contributed by atoms with E-state index < -0.39 is 17.9 Å². The molecule has 6 heteroatoms. The van der Waals surface area contributed by atoms with Gasteiger partial charge in [0.25, 0.3) is 17.9 Å². The van der Waals surface area contributed by atoms with E-state index in [1.54, 1.807) is 42.5 Å². The first-order chi connectivity index (χ1) is 10.1. The largest absolute Gasteiger partial charge is 0.468 e. The van der Waals surface area contributed by atoms with E-state index in [9.17, 15) is 9.59 Å². The van der Waals surface area contributed by atoms with Crippen LogP contribution in [0, 0.1) is 0 Å². The number of ether oxygens (including phenoxy) is 1. The second-order valence-electron chi connectivity index (χ2n) is 4.48. The highest BCUT2D eigenvalue weighted by molar-refractivity contribution is 9.10. The third kappa shape index (κ3) is 2.90. The SMILES string of the molecule is O=C(Nc1cccc(Br)c1)[C@@H]1Oc2ccccc2NC1=O. The van der Waals surface area contributed by atoms with E-state index in [1.165, 1.54) is 0 Å². The molecule has 1 atom stereocenters. The summed E-state index contributed by atoms with van der Waals surface area (Å²) < 4.78 is 6.31. The average molecular weight is 347 g/mol. The van der Waals surface area contributed by atoms with Gasteiger partial charge < -0.3 is 15.4 Å². The molecule has 2 N–H and O–H groups in total. The predicted molar refractivity (Wildman–Crippen MR) is 82.3 cm³/mol. The van der Waals surface area contributed by atoms with E-state index in [0.29, 0.717) is 17.1 Å². The standard InChI is InChI=1S/C15H11BrN2O3/c16-9-4-3-5-10(8-9)17-14(19)13-15(20)18-11-6-1-2-7-12(11)21-13/h1-8,13H,(H,17,19)(H,18,20)/t13-/m0/s1. The number of halogens is 1. The third-order valence-electron chi connectivity index (χ3n) is 2.96. The Kier molecular flexibility index (Phi) is 3.62. The fourth-order valence-corrected chi connectivity index (χ4v) is 2.40. The lowest BCUT2D eigenvalue weighted by molar-refractivity contribution is -0.133. The molecule has 106 valence electrons. The van der Waals surface area contributed by atoms with E-state index in [4.69, 9.17) is 4.74 Å². The number of hydrogen-bond acceptors (Lipinski definition) is 3. The van der Waals surface area contributed by atoms with Crippen molar-refractivity contribution in [1.29, 1.82) is 0 Å². The van der Waals surface area contributed by atoms with Gasteiger partial charge in [0.05, 0.1) is 5.69 Å². The molecule has 0 unspecified atom stereocenters. The van der Waals surface area contributed by atoms with Crippen LogP contribution in [0.15, 0.2) is 53.0 Å². The summed E-state index contributed by atoms with van der Waals surface area (Å²) in [7, 11) is 0. The molecule has 0 spiro atoms. The number of nitrogens with one attached hydrogen (secondary N) is 2. The number of para-hydroxylation sites is 2. The fraction of sp³-hybridized carbons (Fsp3) is 0.0667. The number of benzene rings is 2. The molecule has 1 aliphatic rings. The zero-order valence-corrected chi connectivity index (χ0v) is 12.4. The van der Waals surface area contributed by atoms with Crippen LogP contribution in [0.3, 0.4) is 0 Å². The highest BCUT2D eigenvalue weighted by Crippen LogP contribution is 2.29. The Morgan fingerprint density at radius 2 is 2.00 bits per heavy atom. The summed E-state index contributed by atoms with van der Waals surface area (Å²) >= 11 is 3.32. The van der Waals surface area contributed by atoms with Crippen LogP contribution < -0.4 is 15.4 Å². The Bertz CT molecular complexity index is 718. The van der Waals surface area contributed by atoms with Crippen molar-refractivity contribution in [2.45, 2.75) is 6.10 Å². The second kappa shape index (κ2) is 5.57. The van der Waals surface area contributed by atoms with E-state index in [2.05, 4.69) is 26.6 Å². The molecule has 0 aliphatic carbocycles. The van der Waals surface area contributed by atoms with Crippen molar-refractivity contribution in [3.05, 3.63) is 53.0 Å². The number of anilines is 2. The van der Waals surface area contributed by atoms with Crippen molar-refractivity contribution >= 4 is 39.1 Å². The monoisotopic (exact) mass is 346 g/mol. The van der Waals surface area contributed by atoms with Gasteiger partial charge in [0.1, 0.15) is 5.75 Å². The highest BCUT2D eigenvalue weighted by atomic mass is 79.9. The maximum atomic E-state index is 12.2. The first kappa shape index (κ1) is 13.6. The number of carbonyl (C=O) groups is 2. The minimum atomic E-state index is -1.21. The Morgan fingerprint density at radius 3 is 2.81 bits per heavy atom. The van der Waals surface area contributed by atoms with Gasteiger partial charge in [0.2, 0.25) is 0 Å². The molecule has 2 aromatic rings. The lowest BCUT2D eigenvalue weighted by atomic mass is 10.2. The quantitative estimate of drug-likeness (QED) is 0.821. The maximum absolute atomic E-state index is 12.2. The molecule has 2 amide bonds. The maximum Gasteiger partial charge on any atom is 0.275 e. The van der Waals surface area contributed by atoms with Crippen LogP contribution in [0.2, 0.25) is 0 Å². The van der Waals surface area contributed by atoms with Crippen LogP contribution in [0.5, 0.6) is 5.75 Å². The first-order valence-electron chi connectivity index (χ1n) is 6.26. The van der Waals surface area contributed by atoms with Crippen molar-refractivity contribution in [2.24, 2.45) is 0 Å². The van der Waals surface area contributed by atoms with E-state index >= 15 is 0 Å². The predicted octanol–water partition coefficient (Wildman–Crippen LogP) is 2.79. The summed E-state index contributed by atoms with van der Waals surface area (Å²) in [6, 6.07) is 14.1. The molecule has 5 nitrogen and oxygen atoms in total. The van der Waals surface area contributed by atoms with Crippen LogP contribution in [0.1, 0.15) is 0 Å². The lowest BCUT2D eigenvalue weighted by Crippen LogP contribution is -2.45. The van der Waals surface area contributed by atoms with Crippen LogP contribution in [0.25, 0.3) is 0 Å². The Balaban J connectivity index is 1.78. The van der Waals surface area contributed by atoms with Gasteiger partial charge in [0, 0.05) is 10.2 Å². The summed E-state index contributed by atoms with van der Waals surface area (Å²) in [4.78, 5) is 24.1. The summed E-state index contributed by atoms with van der Waals surface area (Å²) in [6.07, 6.45) is -1.21. The van der Waals surface area contributed by atoms with Gasteiger partial charge >= 0.3 is 0 Å². The van der Waals surface area contributed by atoms with Crippen molar-refractivity contribution in [3.63, 3.8) is 0 Å². The zero-order chi connectivity index (χ0) is 14.8. The molecule has 1 aliphatic heterocycles. The van der Waals surface area contributed by atoms with Gasteiger partial charge in [-0.05, 0) is 30.3 Å². The van der Waals surface area contributed by atoms with Gasteiger partial charge in [0.15, 0.2) is 0 Å². The van der Waals surface area contributed by atoms with E-state index in [0.717, 1.165) is 4.47 Å². The molecule has 2 aromatic carbocycles. The molecular formula is C15H11BrN2O3. The molecule has 0 bridgehead atoms. The Hall–Kier alpha value is -2.34. The minimum absolute atomic E-state index is 0.478. The lowest BCUT2D eigenvalue weighted by Gasteiger charge is -2.24. The Morgan fingerprint density at radius 1 is 1.19 bits per heavy atom. The molecule has 1 heterocycles. The third-order valence-corrected chi connectivity index (χ3v) is 3.45. The van der Waals surface area contributed by atoms with Gasteiger partial charge in [-0.1, -0.05) is 34.1 Å². The van der Waals surface area contributed by atoms with Gasteiger partial charge in [-0.25, -0.2) is 0 Å². The van der Waals surface area contributed by atoms with Crippen molar-refractivity contribution in [1.82, 2.24) is 0 Å². The molecule has 0 radical (unpaired) electrons. The molecule has 0 saturated carbocycles. The smallest absolute Gasteiger partial charge is 0.275 e. The molecule has 0 aromatic heterocycles. The highest BCUT2D eigenvalue weighted by Gasteiger charge is 2.33. The van der Waals surface area contributed by atoms with Crippen LogP contribution in [-0.4, -0.2) is 17.9 Å². The fourth-order valence-electron chi connectivity index (χ4n) is 2.00. The summed E-state index contributed by atoms with van der Waals surface area (Å²) in [5.41, 5.74) is 1.15. The number of rotatable bonds is 2. The number of carbonyl (C=O) groups excluding carboxylic acids is 2. The number of fused-ring (bicyclic) bond motifs is 1. The molecule has 0 saturated heterocycles. The molecular weight excluding hydrogens is 336 g/mol. The van der Waals surface area contributed by atoms with Crippen molar-refractivity contribution in [3.8, 4) is 5.75 Å². The number of hydrogen-bond donors (Lipinski definition) is 2. The van der Waals surface area contributed by atoms with Crippen molar-refractivity contribution in [2.75, 3.05) is 10.6 Å². The molecule has 0 fully saturated rings. The Labute approximate surface area is 129 Å². The average Bonchev–Trinajstić information content (AvgIpc) is 2.46. The molecule has 3 rings (SSSR count). The normalized spacial score (nSPS) is 16.4. The molecule has 21 heavy (non-hydrogen) atoms. The van der Waals surface area contributed by atoms with Gasteiger partial charge in [-0.15, -0.1) is 0 Å². The summed E-state index contributed by atoms with van der Waals surface area (Å²) in [5, 5.41) is 5.31. The zero-order valence-electron chi connectivity index (χ0n) is 10.8. The van der Waals surface area contributed by atoms with Crippen molar-refractivity contribution < 1.29 is 14.3 Å².